The zero-order chi connectivity index (χ0) is 37.6. The summed E-state index contributed by atoms with van der Waals surface area (Å²) in [6.45, 7) is 2.34. The molecule has 2 heterocycles. The van der Waals surface area contributed by atoms with Crippen LogP contribution in [0.2, 0.25) is 0 Å². The summed E-state index contributed by atoms with van der Waals surface area (Å²) in [6.07, 6.45) is 0.514. The summed E-state index contributed by atoms with van der Waals surface area (Å²) in [5.41, 5.74) is 0. The van der Waals surface area contributed by atoms with E-state index in [1.54, 1.807) is 0 Å². The summed E-state index contributed by atoms with van der Waals surface area (Å²) in [7, 11) is 0. The van der Waals surface area contributed by atoms with Gasteiger partial charge in [-0.25, -0.2) is 0 Å². The first-order valence-corrected chi connectivity index (χ1v) is 18.8. The number of carbonyl (C=O) groups is 2. The van der Waals surface area contributed by atoms with Gasteiger partial charge in [-0.15, -0.1) is 0 Å². The van der Waals surface area contributed by atoms with Gasteiger partial charge < -0.3 is 64.2 Å². The first-order chi connectivity index (χ1) is 24.5. The predicted molar refractivity (Wildman–Crippen MR) is 183 cm³/mol. The highest BCUT2D eigenvalue weighted by Gasteiger charge is 2.47. The molecule has 15 heteroatoms. The van der Waals surface area contributed by atoms with E-state index in [-0.39, 0.29) is 26.1 Å². The van der Waals surface area contributed by atoms with E-state index in [1.807, 2.05) is 0 Å². The molecule has 0 spiro atoms. The van der Waals surface area contributed by atoms with Crippen LogP contribution in [0.1, 0.15) is 110 Å². The average Bonchev–Trinajstić information content (AvgIpc) is 3.12. The number of ether oxygens (including phenoxy) is 6. The highest BCUT2D eigenvalue weighted by atomic mass is 16.7. The Balaban J connectivity index is 1.93. The van der Waals surface area contributed by atoms with Gasteiger partial charge in [0.05, 0.1) is 19.8 Å². The topological polar surface area (TPSA) is 231 Å². The van der Waals surface area contributed by atoms with Gasteiger partial charge in [0.1, 0.15) is 55.4 Å². The Bertz CT molecular complexity index is 965. The maximum Gasteiger partial charge on any atom is 0.306 e. The smallest absolute Gasteiger partial charge is 0.306 e. The molecular formula is C36H64O15. The quantitative estimate of drug-likeness (QED) is 0.0379. The summed E-state index contributed by atoms with van der Waals surface area (Å²) < 4.78 is 33.1. The number of allylic oxidation sites excluding steroid dienone is 2. The van der Waals surface area contributed by atoms with Crippen LogP contribution in [0.5, 0.6) is 0 Å². The Morgan fingerprint density at radius 3 is 1.80 bits per heavy atom. The van der Waals surface area contributed by atoms with E-state index in [0.717, 1.165) is 70.6 Å². The number of hydrogen-bond acceptors (Lipinski definition) is 15. The minimum Gasteiger partial charge on any atom is -0.462 e. The lowest BCUT2D eigenvalue weighted by Gasteiger charge is -2.42. The summed E-state index contributed by atoms with van der Waals surface area (Å²) in [4.78, 5) is 25.2. The maximum absolute atomic E-state index is 12.7. The fourth-order valence-electron chi connectivity index (χ4n) is 5.80. The van der Waals surface area contributed by atoms with Gasteiger partial charge in [-0.2, -0.15) is 0 Å². The fraction of sp³-hybridized carbons (Fsp3) is 0.889. The van der Waals surface area contributed by atoms with Gasteiger partial charge in [0, 0.05) is 12.8 Å². The van der Waals surface area contributed by atoms with E-state index in [0.29, 0.717) is 12.8 Å². The highest BCUT2D eigenvalue weighted by molar-refractivity contribution is 5.70. The van der Waals surface area contributed by atoms with Crippen LogP contribution < -0.4 is 0 Å². The number of esters is 2. The molecule has 0 aromatic heterocycles. The van der Waals surface area contributed by atoms with Crippen LogP contribution in [-0.2, 0) is 38.0 Å². The Morgan fingerprint density at radius 1 is 0.627 bits per heavy atom. The van der Waals surface area contributed by atoms with Crippen molar-refractivity contribution < 1.29 is 73.8 Å². The number of aliphatic hydroxyl groups excluding tert-OH is 7. The number of carbonyl (C=O) groups excluding carboxylic acids is 2. The third kappa shape index (κ3) is 16.8. The van der Waals surface area contributed by atoms with E-state index in [9.17, 15) is 45.3 Å². The predicted octanol–water partition coefficient (Wildman–Crippen LogP) is 1.53. The maximum atomic E-state index is 12.7. The van der Waals surface area contributed by atoms with E-state index in [1.165, 1.54) is 0 Å². The second kappa shape index (κ2) is 26.1. The third-order valence-corrected chi connectivity index (χ3v) is 9.00. The van der Waals surface area contributed by atoms with Gasteiger partial charge in [-0.3, -0.25) is 9.59 Å². The van der Waals surface area contributed by atoms with Gasteiger partial charge in [-0.1, -0.05) is 77.4 Å². The molecule has 2 rings (SSSR count). The fourth-order valence-corrected chi connectivity index (χ4v) is 5.80. The molecule has 0 aromatic rings. The van der Waals surface area contributed by atoms with Gasteiger partial charge >= 0.3 is 11.9 Å². The number of rotatable bonds is 26. The van der Waals surface area contributed by atoms with Crippen molar-refractivity contribution in [1.29, 1.82) is 0 Å². The summed E-state index contributed by atoms with van der Waals surface area (Å²) in [6, 6.07) is 0. The molecule has 0 saturated carbocycles. The molecule has 51 heavy (non-hydrogen) atoms. The molecule has 7 N–H and O–H groups in total. The van der Waals surface area contributed by atoms with E-state index in [2.05, 4.69) is 26.0 Å². The second-order valence-electron chi connectivity index (χ2n) is 13.4. The van der Waals surface area contributed by atoms with Crippen molar-refractivity contribution in [2.24, 2.45) is 0 Å². The van der Waals surface area contributed by atoms with Crippen LogP contribution in [0.25, 0.3) is 0 Å². The second-order valence-corrected chi connectivity index (χ2v) is 13.4. The van der Waals surface area contributed by atoms with Gasteiger partial charge in [-0.05, 0) is 32.1 Å². The SMILES string of the molecule is CC/C=C/CCCCCCCC(=O)O[C@H](COC(=O)CCCCCCCC)CO[C@@H]1O[C@H](CO[C@H]2O[C@H](CO)[C@H](O)[C@H](O)[C@H]2O)[C@H](O)[C@H](O)[C@H]1O. The van der Waals surface area contributed by atoms with Gasteiger partial charge in [0.2, 0.25) is 0 Å². The Kier molecular flexibility index (Phi) is 23.2. The molecule has 0 aromatic carbocycles. The van der Waals surface area contributed by atoms with Crippen molar-refractivity contribution in [3.63, 3.8) is 0 Å². The van der Waals surface area contributed by atoms with Crippen LogP contribution in [0.4, 0.5) is 0 Å². The third-order valence-electron chi connectivity index (χ3n) is 9.00. The monoisotopic (exact) mass is 736 g/mol. The van der Waals surface area contributed by atoms with Crippen LogP contribution in [0.3, 0.4) is 0 Å². The largest absolute Gasteiger partial charge is 0.462 e. The van der Waals surface area contributed by atoms with Crippen LogP contribution >= 0.6 is 0 Å². The molecule has 2 saturated heterocycles. The molecule has 0 aliphatic carbocycles. The molecule has 11 atom stereocenters. The first kappa shape index (κ1) is 45.4. The molecule has 0 radical (unpaired) electrons. The Hall–Kier alpha value is -1.76. The molecule has 2 aliphatic heterocycles. The average molecular weight is 737 g/mol. The summed E-state index contributed by atoms with van der Waals surface area (Å²) in [5.74, 6) is -0.953. The summed E-state index contributed by atoms with van der Waals surface area (Å²) in [5, 5.41) is 71.3. The number of unbranched alkanes of at least 4 members (excludes halogenated alkanes) is 10. The molecule has 2 fully saturated rings. The number of aliphatic hydroxyl groups is 7. The van der Waals surface area contributed by atoms with Crippen LogP contribution in [0.15, 0.2) is 12.2 Å². The molecule has 0 unspecified atom stereocenters. The minimum atomic E-state index is -1.76. The lowest BCUT2D eigenvalue weighted by Crippen LogP contribution is -2.61. The molecule has 0 amide bonds. The molecule has 2 aliphatic rings. The van der Waals surface area contributed by atoms with Crippen molar-refractivity contribution in [2.75, 3.05) is 26.4 Å². The first-order valence-electron chi connectivity index (χ1n) is 18.8. The Labute approximate surface area is 301 Å². The van der Waals surface area contributed by atoms with Gasteiger partial charge in [0.25, 0.3) is 0 Å². The number of hydrogen-bond donors (Lipinski definition) is 7. The molecule has 0 bridgehead atoms. The highest BCUT2D eigenvalue weighted by Crippen LogP contribution is 2.26. The van der Waals surface area contributed by atoms with Crippen molar-refractivity contribution in [1.82, 2.24) is 0 Å². The summed E-state index contributed by atoms with van der Waals surface area (Å²) >= 11 is 0. The standard InChI is InChI=1S/C36H64O15/c1-3-5-7-9-11-12-13-15-17-19-28(39)49-24(21-46-27(38)18-16-14-10-8-6-4-2)22-47-35-34(45)32(43)30(41)26(51-35)23-48-36-33(44)31(42)29(40)25(20-37)50-36/h5,7,24-26,29-37,40-45H,3-4,6,8-23H2,1-2H3/b7-5+/t24-,25-,26-,29+,30+,31+,32+,33-,34-,35-,36+/m1/s1. The van der Waals surface area contributed by atoms with Crippen LogP contribution in [-0.4, -0.2) is 142 Å². The molecule has 298 valence electrons. The van der Waals surface area contributed by atoms with Crippen molar-refractivity contribution >= 4 is 11.9 Å². The zero-order valence-corrected chi connectivity index (χ0v) is 30.3. The van der Waals surface area contributed by atoms with E-state index < -0.39 is 92.7 Å². The lowest BCUT2D eigenvalue weighted by molar-refractivity contribution is -0.332. The normalized spacial score (nSPS) is 30.4. The van der Waals surface area contributed by atoms with E-state index >= 15 is 0 Å². The van der Waals surface area contributed by atoms with Crippen molar-refractivity contribution in [2.45, 2.75) is 178 Å². The lowest BCUT2D eigenvalue weighted by atomic mass is 9.98. The minimum absolute atomic E-state index is 0.156. The van der Waals surface area contributed by atoms with Crippen LogP contribution in [0, 0.1) is 0 Å². The molecular weight excluding hydrogens is 672 g/mol. The zero-order valence-electron chi connectivity index (χ0n) is 30.3. The van der Waals surface area contributed by atoms with Crippen molar-refractivity contribution in [3.8, 4) is 0 Å². The Morgan fingerprint density at radius 2 is 1.18 bits per heavy atom. The van der Waals surface area contributed by atoms with E-state index in [4.69, 9.17) is 28.4 Å². The van der Waals surface area contributed by atoms with Crippen molar-refractivity contribution in [3.05, 3.63) is 12.2 Å². The molecule has 15 nitrogen and oxygen atoms in total. The van der Waals surface area contributed by atoms with Gasteiger partial charge in [0.15, 0.2) is 18.7 Å².